The summed E-state index contributed by atoms with van der Waals surface area (Å²) in [4.78, 5) is 4.05. The summed E-state index contributed by atoms with van der Waals surface area (Å²) in [5.41, 5.74) is 0.586. The van der Waals surface area contributed by atoms with Gasteiger partial charge in [-0.2, -0.15) is 5.26 Å². The van der Waals surface area contributed by atoms with Crippen LogP contribution in [0.15, 0.2) is 18.3 Å². The Hall–Kier alpha value is -1.56. The molecule has 80 valence electrons. The van der Waals surface area contributed by atoms with E-state index >= 15 is 0 Å². The van der Waals surface area contributed by atoms with Crippen LogP contribution in [0.3, 0.4) is 0 Å². The second kappa shape index (κ2) is 6.02. The lowest BCUT2D eigenvalue weighted by atomic mass is 10.1. The minimum absolute atomic E-state index is 0.530. The first-order valence-corrected chi connectivity index (χ1v) is 5.25. The van der Waals surface area contributed by atoms with Gasteiger partial charge < -0.3 is 4.74 Å². The van der Waals surface area contributed by atoms with Crippen molar-refractivity contribution in [2.75, 3.05) is 6.61 Å². The third-order valence-electron chi connectivity index (χ3n) is 2.16. The average molecular weight is 204 g/mol. The van der Waals surface area contributed by atoms with Crippen molar-refractivity contribution in [3.63, 3.8) is 0 Å². The van der Waals surface area contributed by atoms with Gasteiger partial charge in [0.25, 0.3) is 0 Å². The van der Waals surface area contributed by atoms with Gasteiger partial charge in [0.1, 0.15) is 0 Å². The van der Waals surface area contributed by atoms with Crippen LogP contribution in [0.4, 0.5) is 0 Å². The van der Waals surface area contributed by atoms with Crippen molar-refractivity contribution < 1.29 is 4.74 Å². The van der Waals surface area contributed by atoms with Gasteiger partial charge in [0, 0.05) is 12.3 Å². The molecule has 0 fully saturated rings. The Morgan fingerprint density at radius 2 is 2.40 bits per heavy atom. The monoisotopic (exact) mass is 204 g/mol. The van der Waals surface area contributed by atoms with Crippen LogP contribution in [-0.4, -0.2) is 11.6 Å². The SMILES string of the molecule is CCCC(C)COc1cc(C#N)ccn1. The molecule has 0 aliphatic heterocycles. The maximum absolute atomic E-state index is 8.69. The molecule has 3 heteroatoms. The molecular weight excluding hydrogens is 188 g/mol. The molecule has 0 radical (unpaired) electrons. The van der Waals surface area contributed by atoms with Crippen LogP contribution in [0.25, 0.3) is 0 Å². The van der Waals surface area contributed by atoms with E-state index in [0.29, 0.717) is 24.0 Å². The van der Waals surface area contributed by atoms with E-state index in [0.717, 1.165) is 12.8 Å². The minimum Gasteiger partial charge on any atom is -0.477 e. The molecule has 1 atom stereocenters. The molecule has 0 aromatic carbocycles. The van der Waals surface area contributed by atoms with Crippen molar-refractivity contribution in [2.45, 2.75) is 26.7 Å². The van der Waals surface area contributed by atoms with Crippen molar-refractivity contribution in [1.29, 1.82) is 5.26 Å². The molecule has 15 heavy (non-hydrogen) atoms. The number of nitriles is 1. The summed E-state index contributed by atoms with van der Waals surface area (Å²) in [7, 11) is 0. The Bertz CT molecular complexity index is 344. The molecule has 1 aromatic heterocycles. The Balaban J connectivity index is 2.47. The van der Waals surface area contributed by atoms with Crippen LogP contribution in [-0.2, 0) is 0 Å². The lowest BCUT2D eigenvalue weighted by Gasteiger charge is -2.10. The summed E-state index contributed by atoms with van der Waals surface area (Å²) in [6.45, 7) is 4.97. The van der Waals surface area contributed by atoms with Gasteiger partial charge in [-0.1, -0.05) is 20.3 Å². The molecule has 1 unspecified atom stereocenters. The van der Waals surface area contributed by atoms with Gasteiger partial charge in [-0.25, -0.2) is 4.98 Å². The molecule has 0 aliphatic carbocycles. The van der Waals surface area contributed by atoms with E-state index < -0.39 is 0 Å². The minimum atomic E-state index is 0.530. The second-order valence-corrected chi connectivity index (χ2v) is 3.70. The lowest BCUT2D eigenvalue weighted by Crippen LogP contribution is -2.08. The molecule has 0 saturated carbocycles. The second-order valence-electron chi connectivity index (χ2n) is 3.70. The molecule has 1 heterocycles. The van der Waals surface area contributed by atoms with Crippen molar-refractivity contribution >= 4 is 0 Å². The van der Waals surface area contributed by atoms with Crippen molar-refractivity contribution in [3.05, 3.63) is 23.9 Å². The number of hydrogen-bond acceptors (Lipinski definition) is 3. The van der Waals surface area contributed by atoms with Gasteiger partial charge in [0.15, 0.2) is 0 Å². The fourth-order valence-electron chi connectivity index (χ4n) is 1.36. The van der Waals surface area contributed by atoms with Gasteiger partial charge in [0.2, 0.25) is 5.88 Å². The van der Waals surface area contributed by atoms with E-state index in [1.165, 1.54) is 0 Å². The van der Waals surface area contributed by atoms with Crippen LogP contribution in [0.2, 0.25) is 0 Å². The Morgan fingerprint density at radius 3 is 3.07 bits per heavy atom. The number of pyridine rings is 1. The molecule has 0 aliphatic rings. The third kappa shape index (κ3) is 3.99. The zero-order valence-corrected chi connectivity index (χ0v) is 9.23. The van der Waals surface area contributed by atoms with E-state index in [2.05, 4.69) is 24.9 Å². The maximum Gasteiger partial charge on any atom is 0.214 e. The summed E-state index contributed by atoms with van der Waals surface area (Å²) in [6.07, 6.45) is 3.91. The topological polar surface area (TPSA) is 45.9 Å². The molecule has 0 bridgehead atoms. The van der Waals surface area contributed by atoms with Gasteiger partial charge in [-0.15, -0.1) is 0 Å². The fraction of sp³-hybridized carbons (Fsp3) is 0.500. The smallest absolute Gasteiger partial charge is 0.214 e. The van der Waals surface area contributed by atoms with E-state index in [1.54, 1.807) is 18.3 Å². The van der Waals surface area contributed by atoms with Crippen LogP contribution in [0.1, 0.15) is 32.3 Å². The van der Waals surface area contributed by atoms with Crippen LogP contribution < -0.4 is 4.74 Å². The fourth-order valence-corrected chi connectivity index (χ4v) is 1.36. The van der Waals surface area contributed by atoms with Gasteiger partial charge in [-0.05, 0) is 18.4 Å². The predicted octanol–water partition coefficient (Wildman–Crippen LogP) is 2.77. The third-order valence-corrected chi connectivity index (χ3v) is 2.16. The molecule has 0 saturated heterocycles. The van der Waals surface area contributed by atoms with Gasteiger partial charge >= 0.3 is 0 Å². The highest BCUT2D eigenvalue weighted by Gasteiger charge is 2.03. The Morgan fingerprint density at radius 1 is 1.60 bits per heavy atom. The first-order chi connectivity index (χ1) is 7.26. The normalized spacial score (nSPS) is 11.8. The molecule has 0 N–H and O–H groups in total. The number of aromatic nitrogens is 1. The van der Waals surface area contributed by atoms with Gasteiger partial charge in [0.05, 0.1) is 18.2 Å². The summed E-state index contributed by atoms with van der Waals surface area (Å²) in [6, 6.07) is 5.39. The molecule has 0 spiro atoms. The number of ether oxygens (including phenoxy) is 1. The van der Waals surface area contributed by atoms with Crippen molar-refractivity contribution in [3.8, 4) is 11.9 Å². The zero-order chi connectivity index (χ0) is 11.1. The van der Waals surface area contributed by atoms with Crippen molar-refractivity contribution in [2.24, 2.45) is 5.92 Å². The van der Waals surface area contributed by atoms with E-state index in [-0.39, 0.29) is 0 Å². The first kappa shape index (κ1) is 11.5. The Labute approximate surface area is 90.7 Å². The number of rotatable bonds is 5. The number of nitrogens with zero attached hydrogens (tertiary/aromatic N) is 2. The largest absolute Gasteiger partial charge is 0.477 e. The van der Waals surface area contributed by atoms with E-state index in [4.69, 9.17) is 10.00 Å². The molecule has 1 rings (SSSR count). The highest BCUT2D eigenvalue weighted by Crippen LogP contribution is 2.11. The maximum atomic E-state index is 8.69. The van der Waals surface area contributed by atoms with Gasteiger partial charge in [-0.3, -0.25) is 0 Å². The Kier molecular flexibility index (Phi) is 4.62. The summed E-state index contributed by atoms with van der Waals surface area (Å²) in [5.74, 6) is 1.07. The first-order valence-electron chi connectivity index (χ1n) is 5.25. The standard InChI is InChI=1S/C12H16N2O/c1-3-4-10(2)9-15-12-7-11(8-13)5-6-14-12/h5-7,10H,3-4,9H2,1-2H3. The van der Waals surface area contributed by atoms with Crippen LogP contribution in [0.5, 0.6) is 5.88 Å². The molecular formula is C12H16N2O. The lowest BCUT2D eigenvalue weighted by molar-refractivity contribution is 0.243. The average Bonchev–Trinajstić information content (AvgIpc) is 2.27. The highest BCUT2D eigenvalue weighted by molar-refractivity contribution is 5.31. The quantitative estimate of drug-likeness (QED) is 0.740. The molecule has 0 amide bonds. The predicted molar refractivity (Wildman–Crippen MR) is 58.5 cm³/mol. The number of hydrogen-bond donors (Lipinski definition) is 0. The van der Waals surface area contributed by atoms with Crippen molar-refractivity contribution in [1.82, 2.24) is 4.98 Å². The molecule has 1 aromatic rings. The van der Waals surface area contributed by atoms with Crippen LogP contribution >= 0.6 is 0 Å². The zero-order valence-electron chi connectivity index (χ0n) is 9.23. The summed E-state index contributed by atoms with van der Waals surface area (Å²) < 4.78 is 5.50. The summed E-state index contributed by atoms with van der Waals surface area (Å²) >= 11 is 0. The molecule has 3 nitrogen and oxygen atoms in total. The van der Waals surface area contributed by atoms with E-state index in [1.807, 2.05) is 0 Å². The van der Waals surface area contributed by atoms with E-state index in [9.17, 15) is 0 Å². The highest BCUT2D eigenvalue weighted by atomic mass is 16.5. The summed E-state index contributed by atoms with van der Waals surface area (Å²) in [5, 5.41) is 8.69. The van der Waals surface area contributed by atoms with Crippen LogP contribution in [0, 0.1) is 17.2 Å².